The lowest BCUT2D eigenvalue weighted by Gasteiger charge is -2.25. The van der Waals surface area contributed by atoms with E-state index in [2.05, 4.69) is 0 Å². The minimum atomic E-state index is -0.532. The van der Waals surface area contributed by atoms with Crippen LogP contribution < -0.4 is 28.4 Å². The lowest BCUT2D eigenvalue weighted by Crippen LogP contribution is -2.18. The van der Waals surface area contributed by atoms with Crippen molar-refractivity contribution in [2.75, 3.05) is 0 Å². The third-order valence-corrected chi connectivity index (χ3v) is 4.98. The first kappa shape index (κ1) is 32.7. The van der Waals surface area contributed by atoms with E-state index in [0.29, 0.717) is 0 Å². The van der Waals surface area contributed by atoms with Gasteiger partial charge in [0.25, 0.3) is 0 Å². The van der Waals surface area contributed by atoms with E-state index in [4.69, 9.17) is 28.4 Å². The number of hydrogen-bond acceptors (Lipinski definition) is 9. The molecule has 0 amide bonds. The second kappa shape index (κ2) is 13.7. The summed E-state index contributed by atoms with van der Waals surface area (Å²) in [6.45, 7) is 21.7. The van der Waals surface area contributed by atoms with E-state index in [1.54, 1.807) is 55.4 Å². The van der Waals surface area contributed by atoms with Crippen LogP contribution in [-0.4, -0.2) is 52.6 Å². The molecule has 0 aromatic heterocycles. The minimum Gasteiger partial charge on any atom is -0.502 e. The molecule has 40 heavy (non-hydrogen) atoms. The third kappa shape index (κ3) is 8.26. The van der Waals surface area contributed by atoms with Crippen molar-refractivity contribution in [1.82, 2.24) is 0 Å². The van der Waals surface area contributed by atoms with Crippen LogP contribution in [0.15, 0.2) is 12.1 Å². The fourth-order valence-electron chi connectivity index (χ4n) is 3.78. The number of phenolic OH excluding ortho intramolecular Hbond substituents is 2. The third-order valence-electron chi connectivity index (χ3n) is 4.98. The zero-order chi connectivity index (χ0) is 30.5. The summed E-state index contributed by atoms with van der Waals surface area (Å²) in [4.78, 5) is 14.5. The standard InChI is InChI=1S/C31H46O9/c1-15(2)35-23-13-21(28(37-17(5)6)30(26(23)33)39-19(9)10)25(32)22-14-24(36-16(3)4)27(34)31(40-20(11)12)29(22)38-18(7)8/h13-20,33-34H,1-12H3. The van der Waals surface area contributed by atoms with Gasteiger partial charge < -0.3 is 38.6 Å². The van der Waals surface area contributed by atoms with Crippen LogP contribution in [0.3, 0.4) is 0 Å². The summed E-state index contributed by atoms with van der Waals surface area (Å²) in [5.74, 6) is -0.846. The topological polar surface area (TPSA) is 113 Å². The molecule has 0 saturated heterocycles. The Kier molecular flexibility index (Phi) is 11.2. The summed E-state index contributed by atoms with van der Waals surface area (Å²) in [6.07, 6.45) is -2.01. The van der Waals surface area contributed by atoms with Gasteiger partial charge in [0, 0.05) is 0 Å². The predicted molar refractivity (Wildman–Crippen MR) is 154 cm³/mol. The lowest BCUT2D eigenvalue weighted by atomic mass is 9.98. The highest BCUT2D eigenvalue weighted by atomic mass is 16.5. The quantitative estimate of drug-likeness (QED) is 0.234. The number of ketones is 1. The van der Waals surface area contributed by atoms with Crippen molar-refractivity contribution in [2.24, 2.45) is 0 Å². The Morgan fingerprint density at radius 1 is 0.475 bits per heavy atom. The molecule has 0 aliphatic carbocycles. The van der Waals surface area contributed by atoms with Crippen LogP contribution >= 0.6 is 0 Å². The minimum absolute atomic E-state index is 0.00684. The molecule has 0 heterocycles. The van der Waals surface area contributed by atoms with E-state index in [1.807, 2.05) is 27.7 Å². The van der Waals surface area contributed by atoms with Gasteiger partial charge in [-0.2, -0.15) is 0 Å². The molecule has 9 nitrogen and oxygen atoms in total. The second-order valence-corrected chi connectivity index (χ2v) is 11.2. The highest BCUT2D eigenvalue weighted by molar-refractivity contribution is 6.14. The SMILES string of the molecule is CC(C)Oc1cc(C(=O)c2cc(OC(C)C)c(O)c(OC(C)C)c2OC(C)C)c(OC(C)C)c(OC(C)C)c1O. The van der Waals surface area contributed by atoms with Crippen LogP contribution in [0.2, 0.25) is 0 Å². The van der Waals surface area contributed by atoms with Crippen LogP contribution in [0.5, 0.6) is 46.0 Å². The van der Waals surface area contributed by atoms with Gasteiger partial charge in [0.05, 0.1) is 47.8 Å². The summed E-state index contributed by atoms with van der Waals surface area (Å²) < 4.78 is 35.8. The van der Waals surface area contributed by atoms with E-state index in [-0.39, 0.29) is 93.7 Å². The van der Waals surface area contributed by atoms with Gasteiger partial charge in [0.1, 0.15) is 0 Å². The van der Waals surface area contributed by atoms with Gasteiger partial charge in [-0.3, -0.25) is 4.79 Å². The van der Waals surface area contributed by atoms with Crippen LogP contribution in [-0.2, 0) is 0 Å². The Balaban J connectivity index is 3.02. The lowest BCUT2D eigenvalue weighted by molar-refractivity contribution is 0.101. The Bertz CT molecular complexity index is 1070. The average molecular weight is 563 g/mol. The smallest absolute Gasteiger partial charge is 0.208 e. The average Bonchev–Trinajstić information content (AvgIpc) is 2.80. The van der Waals surface area contributed by atoms with Gasteiger partial charge >= 0.3 is 0 Å². The maximum atomic E-state index is 14.5. The molecule has 0 fully saturated rings. The number of phenols is 2. The number of benzene rings is 2. The number of ether oxygens (including phenoxy) is 6. The van der Waals surface area contributed by atoms with Crippen LogP contribution in [0.25, 0.3) is 0 Å². The molecule has 0 spiro atoms. The highest BCUT2D eigenvalue weighted by Gasteiger charge is 2.33. The van der Waals surface area contributed by atoms with E-state index in [1.165, 1.54) is 12.1 Å². The Morgan fingerprint density at radius 2 is 0.725 bits per heavy atom. The molecule has 0 aliphatic heterocycles. The van der Waals surface area contributed by atoms with E-state index in [0.717, 1.165) is 0 Å². The maximum absolute atomic E-state index is 14.5. The number of aromatic hydroxyl groups is 2. The van der Waals surface area contributed by atoms with Crippen molar-refractivity contribution >= 4 is 5.78 Å². The molecule has 0 saturated carbocycles. The van der Waals surface area contributed by atoms with Crippen molar-refractivity contribution in [3.63, 3.8) is 0 Å². The molecule has 224 valence electrons. The van der Waals surface area contributed by atoms with Gasteiger partial charge in [-0.1, -0.05) is 0 Å². The molecular weight excluding hydrogens is 516 g/mol. The summed E-state index contributed by atoms with van der Waals surface area (Å²) in [6, 6.07) is 2.86. The van der Waals surface area contributed by atoms with Gasteiger partial charge in [-0.05, 0) is 95.2 Å². The van der Waals surface area contributed by atoms with Crippen molar-refractivity contribution in [3.8, 4) is 46.0 Å². The normalized spacial score (nSPS) is 11.7. The molecular formula is C31H46O9. The van der Waals surface area contributed by atoms with Crippen molar-refractivity contribution in [2.45, 2.75) is 120 Å². The maximum Gasteiger partial charge on any atom is 0.208 e. The summed E-state index contributed by atoms with van der Waals surface area (Å²) in [5.41, 5.74) is 0.145. The first-order valence-corrected chi connectivity index (χ1v) is 13.9. The monoisotopic (exact) mass is 562 g/mol. The summed E-state index contributed by atoms with van der Waals surface area (Å²) in [5, 5.41) is 22.2. The van der Waals surface area contributed by atoms with Crippen LogP contribution in [0.1, 0.15) is 99.0 Å². The molecule has 2 aromatic carbocycles. The second-order valence-electron chi connectivity index (χ2n) is 11.2. The molecule has 0 bridgehead atoms. The number of rotatable bonds is 14. The largest absolute Gasteiger partial charge is 0.502 e. The van der Waals surface area contributed by atoms with Gasteiger partial charge in [-0.15, -0.1) is 0 Å². The molecule has 0 radical (unpaired) electrons. The molecule has 0 unspecified atom stereocenters. The predicted octanol–water partition coefficient (Wildman–Crippen LogP) is 7.05. The van der Waals surface area contributed by atoms with Crippen LogP contribution in [0.4, 0.5) is 0 Å². The zero-order valence-electron chi connectivity index (χ0n) is 25.9. The van der Waals surface area contributed by atoms with E-state index >= 15 is 0 Å². The van der Waals surface area contributed by atoms with Crippen LogP contribution in [0, 0.1) is 0 Å². The summed E-state index contributed by atoms with van der Waals surface area (Å²) >= 11 is 0. The fourth-order valence-corrected chi connectivity index (χ4v) is 3.78. The van der Waals surface area contributed by atoms with Gasteiger partial charge in [0.15, 0.2) is 23.0 Å². The van der Waals surface area contributed by atoms with Crippen molar-refractivity contribution in [3.05, 3.63) is 23.3 Å². The molecule has 2 N–H and O–H groups in total. The molecule has 2 aromatic rings. The number of carbonyl (C=O) groups is 1. The first-order chi connectivity index (χ1) is 18.5. The number of carbonyl (C=O) groups excluding carboxylic acids is 1. The molecule has 0 atom stereocenters. The van der Waals surface area contributed by atoms with Gasteiger partial charge in [-0.25, -0.2) is 0 Å². The van der Waals surface area contributed by atoms with E-state index < -0.39 is 5.78 Å². The highest BCUT2D eigenvalue weighted by Crippen LogP contribution is 2.51. The van der Waals surface area contributed by atoms with Crippen molar-refractivity contribution < 1.29 is 43.4 Å². The summed E-state index contributed by atoms with van der Waals surface area (Å²) in [7, 11) is 0. The Morgan fingerprint density at radius 3 is 0.975 bits per heavy atom. The first-order valence-electron chi connectivity index (χ1n) is 13.9. The number of hydrogen-bond donors (Lipinski definition) is 2. The molecule has 0 aliphatic rings. The Labute approximate surface area is 238 Å². The Hall–Kier alpha value is -3.49. The zero-order valence-corrected chi connectivity index (χ0v) is 25.9. The van der Waals surface area contributed by atoms with E-state index in [9.17, 15) is 15.0 Å². The van der Waals surface area contributed by atoms with Crippen molar-refractivity contribution in [1.29, 1.82) is 0 Å². The molecule has 9 heteroatoms. The molecule has 2 rings (SSSR count). The fraction of sp³-hybridized carbons (Fsp3) is 0.581. The van der Waals surface area contributed by atoms with Gasteiger partial charge in [0.2, 0.25) is 28.8 Å².